The van der Waals surface area contributed by atoms with Gasteiger partial charge in [-0.2, -0.15) is 13.2 Å². The van der Waals surface area contributed by atoms with E-state index in [-0.39, 0.29) is 32.0 Å². The van der Waals surface area contributed by atoms with E-state index in [1.807, 2.05) is 0 Å². The Hall–Kier alpha value is -2.62. The van der Waals surface area contributed by atoms with Gasteiger partial charge in [0, 0.05) is 19.5 Å². The van der Waals surface area contributed by atoms with E-state index in [1.165, 1.54) is 11.6 Å². The third-order valence-electron chi connectivity index (χ3n) is 3.96. The smallest absolute Gasteiger partial charge is 0.356 e. The van der Waals surface area contributed by atoms with Crippen molar-refractivity contribution in [3.05, 3.63) is 45.1 Å². The Morgan fingerprint density at radius 1 is 1.26 bits per heavy atom. The van der Waals surface area contributed by atoms with Gasteiger partial charge in [0.15, 0.2) is 0 Å². The number of aromatic amines is 1. The van der Waals surface area contributed by atoms with E-state index in [1.54, 1.807) is 24.3 Å². The molecule has 10 heteroatoms. The molecule has 2 aromatic rings. The zero-order chi connectivity index (χ0) is 20.0. The lowest BCUT2D eigenvalue weighted by atomic mass is 10.2. The molecule has 0 spiro atoms. The first kappa shape index (κ1) is 20.7. The zero-order valence-corrected chi connectivity index (χ0v) is 14.8. The number of carbonyl (C=O) groups excluding carboxylic acids is 1. The van der Waals surface area contributed by atoms with Crippen molar-refractivity contribution in [2.24, 2.45) is 0 Å². The Morgan fingerprint density at radius 2 is 1.96 bits per heavy atom. The number of alkyl halides is 3. The lowest BCUT2D eigenvalue weighted by Gasteiger charge is -2.18. The molecule has 1 aromatic carbocycles. The van der Waals surface area contributed by atoms with Gasteiger partial charge in [0.2, 0.25) is 5.91 Å². The lowest BCUT2D eigenvalue weighted by Crippen LogP contribution is -2.34. The molecule has 0 bridgehead atoms. The highest BCUT2D eigenvalue weighted by Gasteiger charge is 2.28. The van der Waals surface area contributed by atoms with Crippen molar-refractivity contribution in [1.82, 2.24) is 19.8 Å². The molecule has 1 heterocycles. The summed E-state index contributed by atoms with van der Waals surface area (Å²) in [6, 6.07) is 6.58. The standard InChI is InChI=1S/C17H21F3N4O3/c1-23(11-17(18,19)20)9-4-8-21-14(25)7-10-24-13-6-3-2-5-12(13)15(26)22-16(24)27/h2-3,5-6H,4,7-11H2,1H3,(H,21,25)(H,22,26,27). The predicted molar refractivity (Wildman–Crippen MR) is 94.6 cm³/mol. The predicted octanol–water partition coefficient (Wildman–Crippen LogP) is 1.08. The van der Waals surface area contributed by atoms with Crippen molar-refractivity contribution < 1.29 is 18.0 Å². The van der Waals surface area contributed by atoms with Gasteiger partial charge in [0.25, 0.3) is 5.56 Å². The number of rotatable bonds is 8. The van der Waals surface area contributed by atoms with Crippen LogP contribution in [0.4, 0.5) is 13.2 Å². The summed E-state index contributed by atoms with van der Waals surface area (Å²) in [6.07, 6.45) is -3.86. The largest absolute Gasteiger partial charge is 0.401 e. The van der Waals surface area contributed by atoms with Crippen LogP contribution in [0.3, 0.4) is 0 Å². The van der Waals surface area contributed by atoms with E-state index < -0.39 is 24.0 Å². The maximum absolute atomic E-state index is 12.2. The molecule has 0 unspecified atom stereocenters. The molecule has 0 aliphatic rings. The highest BCUT2D eigenvalue weighted by atomic mass is 19.4. The van der Waals surface area contributed by atoms with E-state index in [4.69, 9.17) is 0 Å². The Balaban J connectivity index is 1.84. The minimum Gasteiger partial charge on any atom is -0.356 e. The molecule has 0 saturated carbocycles. The summed E-state index contributed by atoms with van der Waals surface area (Å²) in [6.45, 7) is -0.481. The Bertz CT molecular complexity index is 905. The number of benzene rings is 1. The highest BCUT2D eigenvalue weighted by Crippen LogP contribution is 2.15. The minimum absolute atomic E-state index is 0.00827. The van der Waals surface area contributed by atoms with Crippen molar-refractivity contribution in [2.45, 2.75) is 25.6 Å². The second kappa shape index (κ2) is 8.85. The van der Waals surface area contributed by atoms with E-state index in [0.717, 1.165) is 4.90 Å². The van der Waals surface area contributed by atoms with E-state index in [2.05, 4.69) is 10.3 Å². The lowest BCUT2D eigenvalue weighted by molar-refractivity contribution is -0.143. The van der Waals surface area contributed by atoms with Crippen LogP contribution in [0.15, 0.2) is 33.9 Å². The Kier molecular flexibility index (Phi) is 6.78. The van der Waals surface area contributed by atoms with Crippen LogP contribution in [0.25, 0.3) is 10.9 Å². The number of hydrogen-bond donors (Lipinski definition) is 2. The fourth-order valence-electron chi connectivity index (χ4n) is 2.73. The normalized spacial score (nSPS) is 11.9. The molecule has 2 rings (SSSR count). The summed E-state index contributed by atoms with van der Waals surface area (Å²) in [5.74, 6) is -0.323. The number of amides is 1. The molecule has 2 N–H and O–H groups in total. The topological polar surface area (TPSA) is 87.2 Å². The SMILES string of the molecule is CN(CCCNC(=O)CCn1c(=O)[nH]c(=O)c2ccccc21)CC(F)(F)F. The van der Waals surface area contributed by atoms with Crippen LogP contribution in [-0.2, 0) is 11.3 Å². The summed E-state index contributed by atoms with van der Waals surface area (Å²) in [7, 11) is 1.36. The number of H-pyrrole nitrogens is 1. The number of aromatic nitrogens is 2. The van der Waals surface area contributed by atoms with Gasteiger partial charge in [-0.25, -0.2) is 4.79 Å². The van der Waals surface area contributed by atoms with Gasteiger partial charge in [-0.1, -0.05) is 12.1 Å². The molecule has 1 aromatic heterocycles. The molecule has 0 aliphatic heterocycles. The van der Waals surface area contributed by atoms with E-state index >= 15 is 0 Å². The summed E-state index contributed by atoms with van der Waals surface area (Å²) >= 11 is 0. The maximum Gasteiger partial charge on any atom is 0.401 e. The van der Waals surface area contributed by atoms with Crippen LogP contribution >= 0.6 is 0 Å². The third-order valence-corrected chi connectivity index (χ3v) is 3.96. The van der Waals surface area contributed by atoms with Crippen LogP contribution < -0.4 is 16.6 Å². The van der Waals surface area contributed by atoms with Crippen LogP contribution in [0, 0.1) is 0 Å². The molecule has 0 fully saturated rings. The molecule has 0 radical (unpaired) electrons. The van der Waals surface area contributed by atoms with Gasteiger partial charge >= 0.3 is 11.9 Å². The van der Waals surface area contributed by atoms with Gasteiger partial charge in [-0.05, 0) is 32.1 Å². The molecule has 27 heavy (non-hydrogen) atoms. The number of hydrogen-bond acceptors (Lipinski definition) is 4. The van der Waals surface area contributed by atoms with Crippen LogP contribution in [0.5, 0.6) is 0 Å². The molecule has 1 amide bonds. The summed E-state index contributed by atoms with van der Waals surface area (Å²) < 4.78 is 37.9. The monoisotopic (exact) mass is 386 g/mol. The van der Waals surface area contributed by atoms with Crippen LogP contribution in [-0.4, -0.2) is 53.2 Å². The molecule has 0 atom stereocenters. The second-order valence-corrected chi connectivity index (χ2v) is 6.23. The van der Waals surface area contributed by atoms with Gasteiger partial charge in [0.05, 0.1) is 17.4 Å². The number of para-hydroxylation sites is 1. The zero-order valence-electron chi connectivity index (χ0n) is 14.8. The van der Waals surface area contributed by atoms with Gasteiger partial charge in [0.1, 0.15) is 0 Å². The fraction of sp³-hybridized carbons (Fsp3) is 0.471. The third kappa shape index (κ3) is 6.24. The maximum atomic E-state index is 12.2. The number of halogens is 3. The molecule has 7 nitrogen and oxygen atoms in total. The van der Waals surface area contributed by atoms with Crippen molar-refractivity contribution in [2.75, 3.05) is 26.7 Å². The van der Waals surface area contributed by atoms with Crippen molar-refractivity contribution >= 4 is 16.8 Å². The Morgan fingerprint density at radius 3 is 2.67 bits per heavy atom. The molecular weight excluding hydrogens is 365 g/mol. The quantitative estimate of drug-likeness (QED) is 0.665. The number of aryl methyl sites for hydroxylation is 1. The molecular formula is C17H21F3N4O3. The summed E-state index contributed by atoms with van der Waals surface area (Å²) in [5.41, 5.74) is -0.646. The van der Waals surface area contributed by atoms with Crippen molar-refractivity contribution in [3.63, 3.8) is 0 Å². The first-order chi connectivity index (χ1) is 12.7. The highest BCUT2D eigenvalue weighted by molar-refractivity contribution is 5.78. The van der Waals surface area contributed by atoms with E-state index in [9.17, 15) is 27.6 Å². The summed E-state index contributed by atoms with van der Waals surface area (Å²) in [4.78, 5) is 39.0. The van der Waals surface area contributed by atoms with Crippen molar-refractivity contribution in [1.29, 1.82) is 0 Å². The second-order valence-electron chi connectivity index (χ2n) is 6.23. The molecule has 0 aliphatic carbocycles. The summed E-state index contributed by atoms with van der Waals surface area (Å²) in [5, 5.41) is 2.97. The van der Waals surface area contributed by atoms with Crippen LogP contribution in [0.2, 0.25) is 0 Å². The molecule has 0 saturated heterocycles. The first-order valence-corrected chi connectivity index (χ1v) is 8.41. The Labute approximate surface area is 152 Å². The van der Waals surface area contributed by atoms with Crippen molar-refractivity contribution in [3.8, 4) is 0 Å². The van der Waals surface area contributed by atoms with Crippen LogP contribution in [0.1, 0.15) is 12.8 Å². The number of nitrogens with one attached hydrogen (secondary N) is 2. The molecule has 148 valence electrons. The van der Waals surface area contributed by atoms with E-state index in [0.29, 0.717) is 17.3 Å². The fourth-order valence-corrected chi connectivity index (χ4v) is 2.73. The van der Waals surface area contributed by atoms with Gasteiger partial charge in [-0.15, -0.1) is 0 Å². The number of carbonyl (C=O) groups is 1. The minimum atomic E-state index is -4.25. The number of fused-ring (bicyclic) bond motifs is 1. The number of nitrogens with zero attached hydrogens (tertiary/aromatic N) is 2. The van der Waals surface area contributed by atoms with Gasteiger partial charge in [-0.3, -0.25) is 24.0 Å². The van der Waals surface area contributed by atoms with Gasteiger partial charge < -0.3 is 5.32 Å². The first-order valence-electron chi connectivity index (χ1n) is 8.41. The average Bonchev–Trinajstić information content (AvgIpc) is 2.57. The average molecular weight is 386 g/mol.